The molecule has 1 saturated carbocycles. The smallest absolute Gasteiger partial charge is 0.311 e. The first-order valence-corrected chi connectivity index (χ1v) is 6.42. The van der Waals surface area contributed by atoms with E-state index in [1.54, 1.807) is 0 Å². The molecule has 4 N–H and O–H groups in total. The van der Waals surface area contributed by atoms with Gasteiger partial charge >= 0.3 is 5.69 Å². The second-order valence-corrected chi connectivity index (χ2v) is 5.06. The Morgan fingerprint density at radius 2 is 2.19 bits per heavy atom. The van der Waals surface area contributed by atoms with E-state index in [1.807, 2.05) is 0 Å². The zero-order valence-electron chi connectivity index (χ0n) is 11.6. The Morgan fingerprint density at radius 3 is 2.67 bits per heavy atom. The molecule has 0 bridgehead atoms. The van der Waals surface area contributed by atoms with Gasteiger partial charge in [-0.05, 0) is 24.8 Å². The van der Waals surface area contributed by atoms with Crippen LogP contribution < -0.4 is 20.9 Å². The highest BCUT2D eigenvalue weighted by atomic mass is 16.6. The van der Waals surface area contributed by atoms with Crippen LogP contribution in [0.15, 0.2) is 18.2 Å². The lowest BCUT2D eigenvalue weighted by molar-refractivity contribution is -0.385. The molecule has 1 amide bonds. The van der Waals surface area contributed by atoms with Crippen LogP contribution in [0.25, 0.3) is 0 Å². The highest BCUT2D eigenvalue weighted by Crippen LogP contribution is 2.39. The first kappa shape index (κ1) is 15.0. The highest BCUT2D eigenvalue weighted by molar-refractivity contribution is 5.85. The van der Waals surface area contributed by atoms with Crippen LogP contribution in [-0.2, 0) is 4.79 Å². The zero-order valence-corrected chi connectivity index (χ0v) is 11.6. The Kier molecular flexibility index (Phi) is 3.99. The second kappa shape index (κ2) is 5.57. The van der Waals surface area contributed by atoms with Crippen molar-refractivity contribution in [1.29, 1.82) is 0 Å². The van der Waals surface area contributed by atoms with E-state index in [4.69, 9.17) is 20.9 Å². The molecule has 1 fully saturated rings. The molecule has 1 unspecified atom stereocenters. The first-order chi connectivity index (χ1) is 9.88. The number of hydrogen-bond acceptors (Lipinski definition) is 6. The standard InChI is InChI=1S/C13H17N3O5/c1-20-9-4-5-10(16(18)19)11(6-9)21-7-13(15,12(14)17)8-2-3-8/h4-6,8H,2-3,7,15H2,1H3,(H2,14,17). The van der Waals surface area contributed by atoms with Crippen molar-refractivity contribution in [1.82, 2.24) is 0 Å². The zero-order chi connectivity index (χ0) is 15.6. The summed E-state index contributed by atoms with van der Waals surface area (Å²) in [6.45, 7) is -0.207. The number of nitro benzene ring substituents is 1. The van der Waals surface area contributed by atoms with Gasteiger partial charge in [0.25, 0.3) is 0 Å². The Labute approximate surface area is 121 Å². The fourth-order valence-electron chi connectivity index (χ4n) is 2.07. The highest BCUT2D eigenvalue weighted by Gasteiger charge is 2.47. The minimum absolute atomic E-state index is 0.00363. The number of methoxy groups -OCH3 is 1. The number of ether oxygens (including phenoxy) is 2. The van der Waals surface area contributed by atoms with Crippen molar-refractivity contribution in [2.24, 2.45) is 17.4 Å². The number of primary amides is 1. The lowest BCUT2D eigenvalue weighted by atomic mass is 9.95. The molecule has 114 valence electrons. The van der Waals surface area contributed by atoms with E-state index in [1.165, 1.54) is 25.3 Å². The molecule has 0 saturated heterocycles. The molecule has 0 aromatic heterocycles. The number of hydrogen-bond donors (Lipinski definition) is 2. The summed E-state index contributed by atoms with van der Waals surface area (Å²) in [5.74, 6) is -0.310. The van der Waals surface area contributed by atoms with Crippen LogP contribution in [0.5, 0.6) is 11.5 Å². The van der Waals surface area contributed by atoms with E-state index in [2.05, 4.69) is 0 Å². The predicted octanol–water partition coefficient (Wildman–Crippen LogP) is 0.575. The van der Waals surface area contributed by atoms with Crippen molar-refractivity contribution in [3.63, 3.8) is 0 Å². The quantitative estimate of drug-likeness (QED) is 0.558. The van der Waals surface area contributed by atoms with Crippen LogP contribution in [0.2, 0.25) is 0 Å². The van der Waals surface area contributed by atoms with Crippen molar-refractivity contribution < 1.29 is 19.2 Å². The molecule has 1 atom stereocenters. The lowest BCUT2D eigenvalue weighted by Gasteiger charge is -2.25. The van der Waals surface area contributed by atoms with Crippen molar-refractivity contribution in [2.45, 2.75) is 18.4 Å². The molecule has 1 aliphatic carbocycles. The third-order valence-electron chi connectivity index (χ3n) is 3.59. The number of benzene rings is 1. The molecule has 1 aromatic carbocycles. The maximum Gasteiger partial charge on any atom is 0.311 e. The summed E-state index contributed by atoms with van der Waals surface area (Å²) in [4.78, 5) is 21.9. The fraction of sp³-hybridized carbons (Fsp3) is 0.462. The SMILES string of the molecule is COc1ccc([N+](=O)[O-])c(OCC(N)(C(N)=O)C2CC2)c1. The Balaban J connectivity index is 2.21. The Hall–Kier alpha value is -2.35. The number of nitrogens with zero attached hydrogens (tertiary/aromatic N) is 1. The number of rotatable bonds is 7. The van der Waals surface area contributed by atoms with Gasteiger partial charge in [0.1, 0.15) is 17.9 Å². The molecule has 0 aliphatic heterocycles. The summed E-state index contributed by atoms with van der Waals surface area (Å²) in [5.41, 5.74) is 9.79. The molecule has 0 heterocycles. The van der Waals surface area contributed by atoms with Crippen molar-refractivity contribution >= 4 is 11.6 Å². The molecular weight excluding hydrogens is 278 g/mol. The van der Waals surface area contributed by atoms with Crippen LogP contribution in [0.1, 0.15) is 12.8 Å². The summed E-state index contributed by atoms with van der Waals surface area (Å²) < 4.78 is 10.4. The van der Waals surface area contributed by atoms with Crippen LogP contribution in [0.3, 0.4) is 0 Å². The van der Waals surface area contributed by atoms with E-state index < -0.39 is 16.4 Å². The molecular formula is C13H17N3O5. The van der Waals surface area contributed by atoms with Crippen LogP contribution >= 0.6 is 0 Å². The number of carbonyl (C=O) groups is 1. The maximum atomic E-state index is 11.5. The Bertz CT molecular complexity index is 573. The normalized spacial score (nSPS) is 16.9. The predicted molar refractivity (Wildman–Crippen MR) is 74.0 cm³/mol. The fourth-order valence-corrected chi connectivity index (χ4v) is 2.07. The van der Waals surface area contributed by atoms with Gasteiger partial charge in [0, 0.05) is 12.1 Å². The maximum absolute atomic E-state index is 11.5. The van der Waals surface area contributed by atoms with Gasteiger partial charge in [-0.2, -0.15) is 0 Å². The second-order valence-electron chi connectivity index (χ2n) is 5.06. The van der Waals surface area contributed by atoms with Crippen LogP contribution in [0.4, 0.5) is 5.69 Å². The Morgan fingerprint density at radius 1 is 1.52 bits per heavy atom. The van der Waals surface area contributed by atoms with E-state index in [9.17, 15) is 14.9 Å². The van der Waals surface area contributed by atoms with E-state index in [-0.39, 0.29) is 24.0 Å². The van der Waals surface area contributed by atoms with Gasteiger partial charge in [-0.25, -0.2) is 0 Å². The molecule has 1 aliphatic rings. The summed E-state index contributed by atoms with van der Waals surface area (Å²) in [6, 6.07) is 4.11. The number of nitrogens with two attached hydrogens (primary N) is 2. The van der Waals surface area contributed by atoms with E-state index in [0.29, 0.717) is 5.75 Å². The first-order valence-electron chi connectivity index (χ1n) is 6.42. The number of nitro groups is 1. The van der Waals surface area contributed by atoms with Gasteiger partial charge < -0.3 is 20.9 Å². The van der Waals surface area contributed by atoms with Crippen molar-refractivity contribution in [3.05, 3.63) is 28.3 Å². The molecule has 21 heavy (non-hydrogen) atoms. The third-order valence-corrected chi connectivity index (χ3v) is 3.59. The molecule has 8 nitrogen and oxygen atoms in total. The van der Waals surface area contributed by atoms with Gasteiger partial charge in [0.2, 0.25) is 11.7 Å². The molecule has 0 radical (unpaired) electrons. The minimum atomic E-state index is -1.31. The van der Waals surface area contributed by atoms with E-state index >= 15 is 0 Å². The third kappa shape index (κ3) is 3.05. The lowest BCUT2D eigenvalue weighted by Crippen LogP contribution is -2.58. The van der Waals surface area contributed by atoms with Crippen LogP contribution in [-0.4, -0.2) is 30.1 Å². The molecule has 2 rings (SSSR count). The van der Waals surface area contributed by atoms with Gasteiger partial charge in [-0.15, -0.1) is 0 Å². The topological polar surface area (TPSA) is 131 Å². The summed E-state index contributed by atoms with van der Waals surface area (Å²) in [6.07, 6.45) is 1.59. The minimum Gasteiger partial charge on any atom is -0.497 e. The monoisotopic (exact) mass is 295 g/mol. The summed E-state index contributed by atoms with van der Waals surface area (Å²) in [5, 5.41) is 11.0. The average Bonchev–Trinajstić information content (AvgIpc) is 3.28. The average molecular weight is 295 g/mol. The largest absolute Gasteiger partial charge is 0.497 e. The van der Waals surface area contributed by atoms with Gasteiger partial charge in [-0.3, -0.25) is 14.9 Å². The summed E-state index contributed by atoms with van der Waals surface area (Å²) in [7, 11) is 1.44. The number of carbonyl (C=O) groups excluding carboxylic acids is 1. The van der Waals surface area contributed by atoms with Gasteiger partial charge in [-0.1, -0.05) is 0 Å². The van der Waals surface area contributed by atoms with Crippen LogP contribution in [0, 0.1) is 16.0 Å². The molecule has 8 heteroatoms. The number of amides is 1. The van der Waals surface area contributed by atoms with E-state index in [0.717, 1.165) is 12.8 Å². The van der Waals surface area contributed by atoms with Gasteiger partial charge in [0.05, 0.1) is 12.0 Å². The summed E-state index contributed by atoms with van der Waals surface area (Å²) >= 11 is 0. The van der Waals surface area contributed by atoms with Crippen molar-refractivity contribution in [2.75, 3.05) is 13.7 Å². The molecule has 0 spiro atoms. The van der Waals surface area contributed by atoms with Gasteiger partial charge in [0.15, 0.2) is 0 Å². The molecule has 1 aromatic rings. The van der Waals surface area contributed by atoms with Crippen molar-refractivity contribution in [3.8, 4) is 11.5 Å².